The average Bonchev–Trinajstić information content (AvgIpc) is 3.69. The molecule has 5 N–H and O–H groups in total. The molecule has 0 bridgehead atoms. The third kappa shape index (κ3) is 7.26. The summed E-state index contributed by atoms with van der Waals surface area (Å²) in [6.45, 7) is 0. The van der Waals surface area contributed by atoms with Crippen molar-refractivity contribution in [2.45, 2.75) is 61.1 Å². The largest absolute Gasteiger partial charge is 0.379 e. The first-order chi connectivity index (χ1) is 20.8. The van der Waals surface area contributed by atoms with Gasteiger partial charge in [0.15, 0.2) is 17.2 Å². The Labute approximate surface area is 265 Å². The van der Waals surface area contributed by atoms with E-state index in [-0.39, 0.29) is 29.5 Å². The predicted molar refractivity (Wildman–Crippen MR) is 173 cm³/mol. The van der Waals surface area contributed by atoms with E-state index in [4.69, 9.17) is 11.6 Å². The van der Waals surface area contributed by atoms with Crippen molar-refractivity contribution in [1.82, 2.24) is 24.9 Å². The van der Waals surface area contributed by atoms with E-state index >= 15 is 0 Å². The van der Waals surface area contributed by atoms with E-state index < -0.39 is 11.7 Å². The molecule has 3 aromatic heterocycles. The molecule has 2 fully saturated rings. The fourth-order valence-corrected chi connectivity index (χ4v) is 5.85. The van der Waals surface area contributed by atoms with Crippen LogP contribution < -0.4 is 26.6 Å². The summed E-state index contributed by atoms with van der Waals surface area (Å²) < 4.78 is 16.4. The zero-order valence-corrected chi connectivity index (χ0v) is 26.0. The van der Waals surface area contributed by atoms with Crippen molar-refractivity contribution >= 4 is 74.7 Å². The topological polar surface area (TPSA) is 137 Å². The highest BCUT2D eigenvalue weighted by Gasteiger charge is 2.26. The summed E-state index contributed by atoms with van der Waals surface area (Å²) in [6, 6.07) is 9.12. The Morgan fingerprint density at radius 2 is 1.70 bits per heavy atom. The van der Waals surface area contributed by atoms with Crippen LogP contribution in [0.5, 0.6) is 0 Å². The van der Waals surface area contributed by atoms with Gasteiger partial charge in [0.25, 0.3) is 5.91 Å². The second-order valence-electron chi connectivity index (χ2n) is 10.8. The molecule has 0 unspecified atom stereocenters. The molecule has 3 amide bonds. The van der Waals surface area contributed by atoms with Gasteiger partial charge >= 0.3 is 6.03 Å². The number of anilines is 4. The van der Waals surface area contributed by atoms with Crippen LogP contribution in [-0.4, -0.2) is 49.6 Å². The highest BCUT2D eigenvalue weighted by molar-refractivity contribution is 14.1. The van der Waals surface area contributed by atoms with Gasteiger partial charge in [-0.05, 0) is 68.4 Å². The lowest BCUT2D eigenvalue weighted by molar-refractivity contribution is 0.102. The van der Waals surface area contributed by atoms with Crippen molar-refractivity contribution in [1.29, 1.82) is 0 Å². The van der Waals surface area contributed by atoms with E-state index in [1.54, 1.807) is 6.07 Å². The number of carbonyl (C=O) groups excluding carboxylic acids is 2. The Hall–Kier alpha value is -3.72. The monoisotopic (exact) mass is 717 g/mol. The van der Waals surface area contributed by atoms with Crippen LogP contribution in [0.25, 0.3) is 5.65 Å². The summed E-state index contributed by atoms with van der Waals surface area (Å²) in [5.74, 6) is -0.569. The number of fused-ring (bicyclic) bond motifs is 1. The molecule has 3 heterocycles. The number of aromatic nitrogens is 4. The maximum Gasteiger partial charge on any atom is 0.319 e. The van der Waals surface area contributed by atoms with Crippen LogP contribution in [0.4, 0.5) is 32.1 Å². The Morgan fingerprint density at radius 1 is 0.953 bits per heavy atom. The number of benzene rings is 1. The maximum absolute atomic E-state index is 14.1. The van der Waals surface area contributed by atoms with Crippen LogP contribution >= 0.6 is 34.2 Å². The fourth-order valence-electron chi connectivity index (χ4n) is 5.15. The normalized spacial score (nSPS) is 18.2. The molecule has 2 aliphatic rings. The lowest BCUT2D eigenvalue weighted by Crippen LogP contribution is -2.42. The molecular formula is C29H30ClFIN9O2. The van der Waals surface area contributed by atoms with Gasteiger partial charge in [0.2, 0.25) is 0 Å². The number of nitrogens with one attached hydrogen (secondary N) is 5. The highest BCUT2D eigenvalue weighted by atomic mass is 127. The predicted octanol–water partition coefficient (Wildman–Crippen LogP) is 6.22. The first kappa shape index (κ1) is 29.4. The van der Waals surface area contributed by atoms with Crippen molar-refractivity contribution in [3.8, 4) is 0 Å². The zero-order valence-electron chi connectivity index (χ0n) is 23.0. The summed E-state index contributed by atoms with van der Waals surface area (Å²) in [7, 11) is 0. The molecule has 0 spiro atoms. The smallest absolute Gasteiger partial charge is 0.319 e. The van der Waals surface area contributed by atoms with Crippen LogP contribution in [0, 0.1) is 5.82 Å². The summed E-state index contributed by atoms with van der Waals surface area (Å²) in [4.78, 5) is 33.9. The van der Waals surface area contributed by atoms with Gasteiger partial charge in [-0.15, -0.1) is 5.10 Å². The van der Waals surface area contributed by atoms with Crippen LogP contribution in [0.1, 0.15) is 54.6 Å². The van der Waals surface area contributed by atoms with Crippen molar-refractivity contribution in [3.63, 3.8) is 0 Å². The number of halogens is 3. The van der Waals surface area contributed by atoms with Gasteiger partial charge in [-0.1, -0.05) is 34.2 Å². The Balaban J connectivity index is 1.11. The van der Waals surface area contributed by atoms with Gasteiger partial charge in [-0.3, -0.25) is 9.78 Å². The molecular weight excluding hydrogens is 688 g/mol. The van der Waals surface area contributed by atoms with Crippen LogP contribution in [0.3, 0.4) is 0 Å². The van der Waals surface area contributed by atoms with Gasteiger partial charge in [-0.2, -0.15) is 0 Å². The zero-order chi connectivity index (χ0) is 29.9. The Bertz CT molecular complexity index is 1660. The van der Waals surface area contributed by atoms with Crippen LogP contribution in [-0.2, 0) is 4.43 Å². The molecule has 43 heavy (non-hydrogen) atoms. The molecule has 2 aliphatic carbocycles. The number of imidazole rings is 1. The summed E-state index contributed by atoms with van der Waals surface area (Å²) in [5.41, 5.74) is 3.20. The van der Waals surface area contributed by atoms with E-state index in [1.807, 2.05) is 18.2 Å². The molecule has 11 nitrogen and oxygen atoms in total. The average molecular weight is 718 g/mol. The fraction of sp³-hybridized carbons (Fsp3) is 0.345. The minimum Gasteiger partial charge on any atom is -0.379 e. The second kappa shape index (κ2) is 12.9. The number of alkyl halides is 1. The number of hydrogen-bond acceptors (Lipinski definition) is 7. The number of pyridine rings is 1. The van der Waals surface area contributed by atoms with Gasteiger partial charge < -0.3 is 26.6 Å². The van der Waals surface area contributed by atoms with Crippen LogP contribution in [0.2, 0.25) is 5.02 Å². The van der Waals surface area contributed by atoms with E-state index in [1.165, 1.54) is 23.0 Å². The lowest BCUT2D eigenvalue weighted by Gasteiger charge is -2.30. The number of urea groups is 1. The number of nitrogens with zero attached hydrogens (tertiary/aromatic N) is 4. The molecule has 0 radical (unpaired) electrons. The SMILES string of the molecule is O=C(Nc1cc(Cl)cc(CI)c1)N[C@H]1CC[C@H](Nc2cc(NC3CC3)c3ncc(C(=O)Nc4ccncc4F)n3n2)CC1. The first-order valence-corrected chi connectivity index (χ1v) is 16.0. The van der Waals surface area contributed by atoms with E-state index in [9.17, 15) is 14.0 Å². The number of rotatable bonds is 9. The van der Waals surface area contributed by atoms with Gasteiger partial charge in [0.1, 0.15) is 5.82 Å². The van der Waals surface area contributed by atoms with E-state index in [0.717, 1.165) is 60.4 Å². The minimum atomic E-state index is -0.631. The molecule has 0 atom stereocenters. The third-order valence-corrected chi connectivity index (χ3v) is 8.54. The third-order valence-electron chi connectivity index (χ3n) is 7.44. The Morgan fingerprint density at radius 3 is 2.44 bits per heavy atom. The van der Waals surface area contributed by atoms with Crippen molar-refractivity contribution in [2.24, 2.45) is 0 Å². The van der Waals surface area contributed by atoms with Gasteiger partial charge in [0, 0.05) is 45.5 Å². The van der Waals surface area contributed by atoms with Crippen molar-refractivity contribution in [3.05, 3.63) is 71.0 Å². The summed E-state index contributed by atoms with van der Waals surface area (Å²) >= 11 is 8.44. The molecule has 1 aromatic carbocycles. The number of hydrogen-bond donors (Lipinski definition) is 5. The molecule has 6 rings (SSSR count). The number of carbonyl (C=O) groups is 2. The summed E-state index contributed by atoms with van der Waals surface area (Å²) in [6.07, 6.45) is 9.25. The first-order valence-electron chi connectivity index (χ1n) is 14.1. The molecule has 0 saturated heterocycles. The molecule has 2 saturated carbocycles. The highest BCUT2D eigenvalue weighted by Crippen LogP contribution is 2.30. The van der Waals surface area contributed by atoms with Crippen molar-refractivity contribution < 1.29 is 14.0 Å². The minimum absolute atomic E-state index is 0.0255. The van der Waals surface area contributed by atoms with Crippen LogP contribution in [0.15, 0.2) is 48.9 Å². The number of amides is 3. The van der Waals surface area contributed by atoms with Gasteiger partial charge in [-0.25, -0.2) is 18.7 Å². The second-order valence-corrected chi connectivity index (χ2v) is 12.0. The maximum atomic E-state index is 14.1. The van der Waals surface area contributed by atoms with Gasteiger partial charge in [0.05, 0.1) is 23.8 Å². The molecule has 224 valence electrons. The van der Waals surface area contributed by atoms with E-state index in [2.05, 4.69) is 64.2 Å². The molecule has 4 aromatic rings. The van der Waals surface area contributed by atoms with E-state index in [0.29, 0.717) is 28.2 Å². The molecule has 0 aliphatic heterocycles. The Kier molecular flexibility index (Phi) is 8.79. The molecule has 14 heteroatoms. The summed E-state index contributed by atoms with van der Waals surface area (Å²) in [5, 5.41) is 20.8. The standard InChI is InChI=1S/C29H30ClFIN9O2/c30-17-9-16(13-32)10-21(11-17)38-29(43)37-20-5-3-19(4-6-20)36-26-12-24(35-18-1-2-18)27-34-15-25(41(27)40-26)28(42)39-23-7-8-33-14-22(23)31/h7-12,14-15,18-20,35H,1-6,13H2,(H,36,40)(H,33,39,42)(H2,37,38,43)/t19-,20-. The lowest BCUT2D eigenvalue weighted by atomic mass is 9.91. The van der Waals surface area contributed by atoms with Crippen molar-refractivity contribution in [2.75, 3.05) is 21.3 Å². The quantitative estimate of drug-likeness (QED) is 0.102.